The van der Waals surface area contributed by atoms with E-state index in [0.29, 0.717) is 16.8 Å². The fourth-order valence-corrected chi connectivity index (χ4v) is 2.16. The van der Waals surface area contributed by atoms with Crippen molar-refractivity contribution in [1.29, 1.82) is 0 Å². The van der Waals surface area contributed by atoms with E-state index in [-0.39, 0.29) is 12.1 Å². The van der Waals surface area contributed by atoms with Crippen LogP contribution >= 0.6 is 0 Å². The maximum Gasteiger partial charge on any atom is 0.422 e. The summed E-state index contributed by atoms with van der Waals surface area (Å²) < 4.78 is 42.9. The minimum atomic E-state index is -4.48. The molecule has 0 atom stereocenters. The van der Waals surface area contributed by atoms with Crippen molar-refractivity contribution in [1.82, 2.24) is 19.7 Å². The first kappa shape index (κ1) is 18.3. The van der Waals surface area contributed by atoms with Gasteiger partial charge in [0.05, 0.1) is 12.2 Å². The first-order chi connectivity index (χ1) is 12.8. The van der Waals surface area contributed by atoms with E-state index in [4.69, 9.17) is 0 Å². The summed E-state index contributed by atoms with van der Waals surface area (Å²) in [6, 6.07) is 5.65. The predicted molar refractivity (Wildman–Crippen MR) is 84.0 cm³/mol. The number of alkyl halides is 3. The van der Waals surface area contributed by atoms with E-state index in [1.807, 2.05) is 0 Å². The highest BCUT2D eigenvalue weighted by Gasteiger charge is 2.28. The number of ether oxygens (including phenoxy) is 1. The van der Waals surface area contributed by atoms with Gasteiger partial charge >= 0.3 is 12.2 Å². The zero-order chi connectivity index (χ0) is 19.4. The van der Waals surface area contributed by atoms with Crippen LogP contribution < -0.4 is 15.0 Å². The van der Waals surface area contributed by atoms with E-state index < -0.39 is 18.8 Å². The number of halogens is 3. The molecule has 140 valence electrons. The zero-order valence-corrected chi connectivity index (χ0v) is 13.7. The number of pyridine rings is 1. The molecule has 0 aliphatic heterocycles. The second kappa shape index (κ2) is 7.40. The molecule has 0 saturated carbocycles. The Balaban J connectivity index is 1.80. The number of hydrogen-bond acceptors (Lipinski definition) is 6. The number of aromatic nitrogens is 5. The van der Waals surface area contributed by atoms with Gasteiger partial charge in [-0.2, -0.15) is 18.3 Å². The third-order valence-electron chi connectivity index (χ3n) is 3.34. The summed E-state index contributed by atoms with van der Waals surface area (Å²) in [5.74, 6) is 0. The maximum atomic E-state index is 12.1. The molecule has 3 aromatic heterocycles. The summed E-state index contributed by atoms with van der Waals surface area (Å²) in [6.45, 7) is -1.38. The summed E-state index contributed by atoms with van der Waals surface area (Å²) in [5.41, 5.74) is 1.02. The van der Waals surface area contributed by atoms with Gasteiger partial charge in [-0.05, 0) is 12.1 Å². The van der Waals surface area contributed by atoms with Gasteiger partial charge in [0.2, 0.25) is 12.4 Å². The Morgan fingerprint density at radius 3 is 2.59 bits per heavy atom. The largest absolute Gasteiger partial charge is 0.454 e. The van der Waals surface area contributed by atoms with E-state index in [1.165, 1.54) is 41.6 Å². The van der Waals surface area contributed by atoms with Crippen LogP contribution in [-0.2, 0) is 6.54 Å². The molecule has 3 rings (SSSR count). The van der Waals surface area contributed by atoms with Gasteiger partial charge in [-0.25, -0.2) is 14.6 Å². The lowest BCUT2D eigenvalue weighted by molar-refractivity contribution is -0.905. The molecule has 0 aromatic carbocycles. The van der Waals surface area contributed by atoms with Crippen molar-refractivity contribution in [3.8, 4) is 17.3 Å². The molecule has 27 heavy (non-hydrogen) atoms. The third-order valence-corrected chi connectivity index (χ3v) is 3.34. The van der Waals surface area contributed by atoms with Gasteiger partial charge in [0, 0.05) is 40.4 Å². The Bertz CT molecular complexity index is 990. The smallest absolute Gasteiger partial charge is 0.422 e. The Morgan fingerprint density at radius 1 is 1.19 bits per heavy atom. The molecule has 0 aliphatic carbocycles. The van der Waals surface area contributed by atoms with Gasteiger partial charge in [-0.1, -0.05) is 0 Å². The summed E-state index contributed by atoms with van der Waals surface area (Å²) in [4.78, 5) is 19.4. The Hall–Kier alpha value is -3.50. The van der Waals surface area contributed by atoms with Crippen molar-refractivity contribution in [2.24, 2.45) is 0 Å². The normalized spacial score (nSPS) is 11.4. The summed E-state index contributed by atoms with van der Waals surface area (Å²) >= 11 is 0. The Labute approximate surface area is 150 Å². The molecular weight excluding hydrogens is 367 g/mol. The average molecular weight is 380 g/mol. The second-order valence-electron chi connectivity index (χ2n) is 5.46. The molecule has 0 amide bonds. The molecule has 1 N–H and O–H groups in total. The molecule has 0 bridgehead atoms. The molecule has 0 radical (unpaired) electrons. The minimum absolute atomic E-state index is 0.113. The van der Waals surface area contributed by atoms with Crippen molar-refractivity contribution in [2.45, 2.75) is 12.7 Å². The van der Waals surface area contributed by atoms with E-state index in [9.17, 15) is 23.2 Å². The standard InChI is InChI=1S/C16H13F3N5O3/c17-16(18,19)10-27-15-20-6-12(7-21-15)13-3-4-14(25)24(22-13)9-11-2-1-5-23(26)8-11/h1-8,26H,9-10H2/q+1. The zero-order valence-electron chi connectivity index (χ0n) is 13.7. The Morgan fingerprint density at radius 2 is 1.93 bits per heavy atom. The lowest BCUT2D eigenvalue weighted by Gasteiger charge is -2.08. The second-order valence-corrected chi connectivity index (χ2v) is 5.46. The molecule has 0 unspecified atom stereocenters. The van der Waals surface area contributed by atoms with E-state index in [2.05, 4.69) is 19.8 Å². The van der Waals surface area contributed by atoms with Crippen LogP contribution in [0.3, 0.4) is 0 Å². The van der Waals surface area contributed by atoms with E-state index >= 15 is 0 Å². The topological polar surface area (TPSA) is 94.0 Å². The van der Waals surface area contributed by atoms with Crippen LogP contribution in [0.15, 0.2) is 53.8 Å². The highest BCUT2D eigenvalue weighted by molar-refractivity contribution is 5.55. The number of hydrogen-bond donors (Lipinski definition) is 1. The van der Waals surface area contributed by atoms with Crippen LogP contribution in [0.25, 0.3) is 11.3 Å². The first-order valence-corrected chi connectivity index (χ1v) is 7.60. The Kier molecular flexibility index (Phi) is 5.01. The van der Waals surface area contributed by atoms with Gasteiger partial charge < -0.3 is 4.74 Å². The van der Waals surface area contributed by atoms with Gasteiger partial charge in [-0.3, -0.25) is 10.0 Å². The highest BCUT2D eigenvalue weighted by Crippen LogP contribution is 2.18. The highest BCUT2D eigenvalue weighted by atomic mass is 19.4. The summed E-state index contributed by atoms with van der Waals surface area (Å²) in [7, 11) is 0. The quantitative estimate of drug-likeness (QED) is 0.528. The molecule has 0 saturated heterocycles. The molecule has 0 spiro atoms. The van der Waals surface area contributed by atoms with Crippen LogP contribution in [0.2, 0.25) is 0 Å². The van der Waals surface area contributed by atoms with Crippen molar-refractivity contribution in [3.63, 3.8) is 0 Å². The van der Waals surface area contributed by atoms with Gasteiger partial charge in [-0.15, -0.1) is 0 Å². The van der Waals surface area contributed by atoms with Gasteiger partial charge in [0.25, 0.3) is 5.56 Å². The number of nitrogens with zero attached hydrogens (tertiary/aromatic N) is 5. The van der Waals surface area contributed by atoms with Crippen LogP contribution in [-0.4, -0.2) is 37.7 Å². The first-order valence-electron chi connectivity index (χ1n) is 7.60. The number of rotatable bonds is 5. The van der Waals surface area contributed by atoms with Crippen molar-refractivity contribution < 1.29 is 27.8 Å². The van der Waals surface area contributed by atoms with Gasteiger partial charge in [0.1, 0.15) is 0 Å². The summed E-state index contributed by atoms with van der Waals surface area (Å²) in [6.07, 6.45) is 0.871. The molecule has 11 heteroatoms. The van der Waals surface area contributed by atoms with Crippen molar-refractivity contribution in [2.75, 3.05) is 6.61 Å². The molecular formula is C16H13F3N5O3+. The molecule has 3 heterocycles. The lowest BCUT2D eigenvalue weighted by Crippen LogP contribution is -2.30. The average Bonchev–Trinajstić information content (AvgIpc) is 2.62. The lowest BCUT2D eigenvalue weighted by atomic mass is 10.2. The fourth-order valence-electron chi connectivity index (χ4n) is 2.16. The fraction of sp³-hybridized carbons (Fsp3) is 0.188. The van der Waals surface area contributed by atoms with E-state index in [1.54, 1.807) is 12.1 Å². The third kappa shape index (κ3) is 5.00. The van der Waals surface area contributed by atoms with Crippen molar-refractivity contribution >= 4 is 0 Å². The monoisotopic (exact) mass is 380 g/mol. The SMILES string of the molecule is O=c1ccc(-c2cnc(OCC(F)(F)F)nc2)nn1Cc1ccc[n+](O)c1. The molecule has 8 nitrogen and oxygen atoms in total. The van der Waals surface area contributed by atoms with Crippen LogP contribution in [0.4, 0.5) is 13.2 Å². The predicted octanol–water partition coefficient (Wildman–Crippen LogP) is 1.21. The molecule has 3 aromatic rings. The molecule has 0 fully saturated rings. The van der Waals surface area contributed by atoms with Crippen molar-refractivity contribution in [3.05, 3.63) is 65.0 Å². The van der Waals surface area contributed by atoms with Crippen LogP contribution in [0.1, 0.15) is 5.56 Å². The van der Waals surface area contributed by atoms with Gasteiger partial charge in [0.15, 0.2) is 6.61 Å². The van der Waals surface area contributed by atoms with Crippen LogP contribution in [0, 0.1) is 0 Å². The van der Waals surface area contributed by atoms with E-state index in [0.717, 1.165) is 4.73 Å². The summed E-state index contributed by atoms with van der Waals surface area (Å²) in [5, 5.41) is 13.6. The van der Waals surface area contributed by atoms with Crippen LogP contribution in [0.5, 0.6) is 6.01 Å². The maximum absolute atomic E-state index is 12.1. The minimum Gasteiger partial charge on any atom is -0.454 e. The molecule has 0 aliphatic rings.